The zero-order valence-electron chi connectivity index (χ0n) is 23.1. The molecule has 0 radical (unpaired) electrons. The molecule has 1 atom stereocenters. The fourth-order valence-corrected chi connectivity index (χ4v) is 4.92. The zero-order chi connectivity index (χ0) is 27.4. The summed E-state index contributed by atoms with van der Waals surface area (Å²) in [4.78, 5) is 23.3. The number of hydrogen-bond acceptors (Lipinski definition) is 9. The molecule has 1 aliphatic rings. The Morgan fingerprint density at radius 3 is 2.56 bits per heavy atom. The third-order valence-corrected chi connectivity index (χ3v) is 7.19. The van der Waals surface area contributed by atoms with Crippen LogP contribution < -0.4 is 20.7 Å². The van der Waals surface area contributed by atoms with Gasteiger partial charge in [-0.2, -0.15) is 4.98 Å². The first kappa shape index (κ1) is 26.4. The second kappa shape index (κ2) is 11.7. The van der Waals surface area contributed by atoms with E-state index in [4.69, 9.17) is 15.5 Å². The molecule has 1 aromatic carbocycles. The van der Waals surface area contributed by atoms with Gasteiger partial charge >= 0.3 is 0 Å². The molecule has 0 spiro atoms. The summed E-state index contributed by atoms with van der Waals surface area (Å²) in [6.45, 7) is 8.02. The predicted octanol–water partition coefficient (Wildman–Crippen LogP) is 4.80. The highest BCUT2D eigenvalue weighted by atomic mass is 16.5. The Bertz CT molecular complexity index is 1460. The van der Waals surface area contributed by atoms with E-state index in [1.54, 1.807) is 13.3 Å². The molecule has 4 heterocycles. The van der Waals surface area contributed by atoms with Gasteiger partial charge in [0.2, 0.25) is 11.8 Å². The Morgan fingerprint density at radius 2 is 1.85 bits per heavy atom. The molecule has 0 amide bonds. The van der Waals surface area contributed by atoms with Crippen LogP contribution in [0.5, 0.6) is 5.88 Å². The second-order valence-electron chi connectivity index (χ2n) is 9.89. The predicted molar refractivity (Wildman–Crippen MR) is 159 cm³/mol. The monoisotopic (exact) mass is 524 g/mol. The topological polar surface area (TPSA) is 105 Å². The summed E-state index contributed by atoms with van der Waals surface area (Å²) in [7, 11) is 3.77. The van der Waals surface area contributed by atoms with Crippen LogP contribution >= 0.6 is 0 Å². The maximum Gasteiger partial charge on any atom is 0.222 e. The van der Waals surface area contributed by atoms with Gasteiger partial charge in [0, 0.05) is 55.0 Å². The van der Waals surface area contributed by atoms with Crippen LogP contribution in [0.25, 0.3) is 23.1 Å². The number of rotatable bonds is 8. The van der Waals surface area contributed by atoms with Gasteiger partial charge in [-0.1, -0.05) is 31.2 Å². The number of piperazine rings is 1. The molecule has 9 nitrogen and oxygen atoms in total. The van der Waals surface area contributed by atoms with Crippen molar-refractivity contribution < 1.29 is 4.74 Å². The van der Waals surface area contributed by atoms with Crippen LogP contribution in [0.1, 0.15) is 41.8 Å². The number of benzene rings is 1. The number of likely N-dealkylation sites (N-methyl/N-ethyl adjacent to an activating group) is 1. The van der Waals surface area contributed by atoms with Crippen LogP contribution in [-0.4, -0.2) is 65.2 Å². The largest absolute Gasteiger partial charge is 0.481 e. The van der Waals surface area contributed by atoms with Crippen LogP contribution in [0.3, 0.4) is 0 Å². The van der Waals surface area contributed by atoms with E-state index in [2.05, 4.69) is 68.3 Å². The highest BCUT2D eigenvalue weighted by Gasteiger charge is 2.24. The van der Waals surface area contributed by atoms with E-state index < -0.39 is 0 Å². The Morgan fingerprint density at radius 1 is 1.05 bits per heavy atom. The van der Waals surface area contributed by atoms with E-state index in [1.165, 1.54) is 0 Å². The second-order valence-corrected chi connectivity index (χ2v) is 9.89. The minimum absolute atomic E-state index is 0.0275. The van der Waals surface area contributed by atoms with Gasteiger partial charge in [0.15, 0.2) is 0 Å². The fourth-order valence-electron chi connectivity index (χ4n) is 4.92. The van der Waals surface area contributed by atoms with Crippen molar-refractivity contribution in [2.24, 2.45) is 0 Å². The Hall–Kier alpha value is -4.24. The maximum absolute atomic E-state index is 6.12. The molecule has 0 saturated carbocycles. The van der Waals surface area contributed by atoms with E-state index in [9.17, 15) is 0 Å². The lowest BCUT2D eigenvalue weighted by molar-refractivity contribution is 0.311. The van der Waals surface area contributed by atoms with Crippen LogP contribution in [0.2, 0.25) is 0 Å². The van der Waals surface area contributed by atoms with Gasteiger partial charge in [0.1, 0.15) is 11.6 Å². The quantitative estimate of drug-likeness (QED) is 0.336. The van der Waals surface area contributed by atoms with Crippen molar-refractivity contribution in [3.8, 4) is 5.88 Å². The minimum atomic E-state index is -0.0275. The number of methoxy groups -OCH3 is 1. The third-order valence-electron chi connectivity index (χ3n) is 7.19. The number of aromatic nitrogens is 4. The number of aryl methyl sites for hydroxylation is 1. The maximum atomic E-state index is 6.12. The number of nitrogens with zero attached hydrogens (tertiary/aromatic N) is 6. The molecule has 0 bridgehead atoms. The summed E-state index contributed by atoms with van der Waals surface area (Å²) in [5.41, 5.74) is 10.9. The first-order valence-corrected chi connectivity index (χ1v) is 13.4. The Labute approximate surface area is 229 Å². The molecule has 202 valence electrons. The van der Waals surface area contributed by atoms with Crippen molar-refractivity contribution in [2.45, 2.75) is 26.3 Å². The van der Waals surface area contributed by atoms with Crippen molar-refractivity contribution in [1.29, 1.82) is 0 Å². The summed E-state index contributed by atoms with van der Waals surface area (Å²) in [5, 5.41) is 4.83. The number of nitrogen functional groups attached to an aromatic ring is 1. The van der Waals surface area contributed by atoms with Crippen LogP contribution in [-0.2, 0) is 0 Å². The van der Waals surface area contributed by atoms with Gasteiger partial charge in [0.05, 0.1) is 24.4 Å². The van der Waals surface area contributed by atoms with E-state index in [0.29, 0.717) is 11.7 Å². The lowest BCUT2D eigenvalue weighted by atomic mass is 10.0. The van der Waals surface area contributed by atoms with Gasteiger partial charge in [-0.25, -0.2) is 15.0 Å². The van der Waals surface area contributed by atoms with E-state index >= 15 is 0 Å². The molecule has 39 heavy (non-hydrogen) atoms. The number of ether oxygens (including phenoxy) is 1. The lowest BCUT2D eigenvalue weighted by Crippen LogP contribution is -2.45. The van der Waals surface area contributed by atoms with Crippen molar-refractivity contribution in [3.05, 3.63) is 71.0 Å². The number of pyridine rings is 2. The first-order valence-electron chi connectivity index (χ1n) is 13.4. The van der Waals surface area contributed by atoms with Crippen molar-refractivity contribution in [1.82, 2.24) is 24.8 Å². The van der Waals surface area contributed by atoms with Crippen LogP contribution in [0.4, 0.5) is 17.6 Å². The highest BCUT2D eigenvalue weighted by molar-refractivity contribution is 5.83. The zero-order valence-corrected chi connectivity index (χ0v) is 23.1. The Balaban J connectivity index is 1.52. The number of hydrogen-bond donors (Lipinski definition) is 2. The Kier molecular flexibility index (Phi) is 7.88. The SMILES string of the molecule is CCC(Nc1nc(N)nc(C)c1/C=C/c1ccc(OC)nc1)c1cc2ccccc2nc1N1CCN(C)CC1. The first-order chi connectivity index (χ1) is 18.9. The fraction of sp³-hybridized carbons (Fsp3) is 0.333. The van der Waals surface area contributed by atoms with Gasteiger partial charge in [-0.05, 0) is 50.2 Å². The van der Waals surface area contributed by atoms with Crippen LogP contribution in [0.15, 0.2) is 48.7 Å². The summed E-state index contributed by atoms with van der Waals surface area (Å²) in [6.07, 6.45) is 6.62. The van der Waals surface area contributed by atoms with E-state index in [0.717, 1.165) is 71.7 Å². The molecular weight excluding hydrogens is 488 g/mol. The van der Waals surface area contributed by atoms with Crippen LogP contribution in [0, 0.1) is 6.92 Å². The summed E-state index contributed by atoms with van der Waals surface area (Å²) in [5.74, 6) is 2.54. The molecule has 1 aliphatic heterocycles. The average Bonchev–Trinajstić information content (AvgIpc) is 2.95. The number of nitrogens with one attached hydrogen (secondary N) is 1. The molecule has 0 aliphatic carbocycles. The summed E-state index contributed by atoms with van der Waals surface area (Å²) >= 11 is 0. The molecule has 9 heteroatoms. The molecule has 1 saturated heterocycles. The number of nitrogens with two attached hydrogens (primary N) is 1. The average molecular weight is 525 g/mol. The van der Waals surface area contributed by atoms with Crippen molar-refractivity contribution in [2.75, 3.05) is 56.3 Å². The smallest absolute Gasteiger partial charge is 0.222 e. The molecule has 5 rings (SSSR count). The molecule has 4 aromatic rings. The number of para-hydroxylation sites is 1. The highest BCUT2D eigenvalue weighted by Crippen LogP contribution is 2.34. The van der Waals surface area contributed by atoms with Crippen molar-refractivity contribution >= 4 is 40.6 Å². The number of fused-ring (bicyclic) bond motifs is 1. The molecule has 1 fully saturated rings. The van der Waals surface area contributed by atoms with Crippen molar-refractivity contribution in [3.63, 3.8) is 0 Å². The standard InChI is InChI=1S/C30H36N8O/c1-5-25(24-18-22-8-6-7-9-26(22)35-29(24)38-16-14-37(3)15-17-38)34-28-23(20(2)33-30(31)36-28)12-10-21-11-13-27(39-4)32-19-21/h6-13,18-19,25H,5,14-17H2,1-4H3,(H3,31,33,34,36)/b12-10+. The van der Waals surface area contributed by atoms with Gasteiger partial charge < -0.3 is 25.6 Å². The lowest BCUT2D eigenvalue weighted by Gasteiger charge is -2.35. The number of anilines is 3. The van der Waals surface area contributed by atoms with E-state index in [1.807, 2.05) is 37.3 Å². The van der Waals surface area contributed by atoms with Gasteiger partial charge in [-0.3, -0.25) is 0 Å². The van der Waals surface area contributed by atoms with Gasteiger partial charge in [-0.15, -0.1) is 0 Å². The molecule has 3 aromatic heterocycles. The molecule has 3 N–H and O–H groups in total. The molecule has 1 unspecified atom stereocenters. The van der Waals surface area contributed by atoms with E-state index in [-0.39, 0.29) is 12.0 Å². The third kappa shape index (κ3) is 5.93. The minimum Gasteiger partial charge on any atom is -0.481 e. The normalized spacial score (nSPS) is 15.1. The summed E-state index contributed by atoms with van der Waals surface area (Å²) in [6, 6.07) is 14.3. The summed E-state index contributed by atoms with van der Waals surface area (Å²) < 4.78 is 5.18. The molecular formula is C30H36N8O. The van der Waals surface area contributed by atoms with Gasteiger partial charge in [0.25, 0.3) is 0 Å².